The van der Waals surface area contributed by atoms with Gasteiger partial charge in [-0.2, -0.15) is 0 Å². The number of hydrogen-bond donors (Lipinski definition) is 3. The largest absolute Gasteiger partial charge is 0.487 e. The first-order valence-electron chi connectivity index (χ1n) is 9.19. The normalized spacial score (nSPS) is 18.9. The van der Waals surface area contributed by atoms with Crippen LogP contribution in [0, 0.1) is 0 Å². The Morgan fingerprint density at radius 1 is 1.41 bits per heavy atom. The van der Waals surface area contributed by atoms with Crippen molar-refractivity contribution in [1.82, 2.24) is 15.6 Å². The van der Waals surface area contributed by atoms with Gasteiger partial charge in [0.05, 0.1) is 18.3 Å². The smallest absolute Gasteiger partial charge is 0.280 e. The number of amides is 1. The van der Waals surface area contributed by atoms with E-state index in [-0.39, 0.29) is 18.7 Å². The van der Waals surface area contributed by atoms with Gasteiger partial charge in [-0.15, -0.1) is 0 Å². The Bertz CT molecular complexity index is 890. The Hall–Kier alpha value is -3.07. The van der Waals surface area contributed by atoms with Crippen molar-refractivity contribution < 1.29 is 18.3 Å². The summed E-state index contributed by atoms with van der Waals surface area (Å²) in [7, 11) is 1.41. The van der Waals surface area contributed by atoms with Gasteiger partial charge in [0.25, 0.3) is 11.8 Å². The van der Waals surface area contributed by atoms with E-state index in [4.69, 9.17) is 10.5 Å². The predicted octanol–water partition coefficient (Wildman–Crippen LogP) is 1.78. The Balaban J connectivity index is 1.75. The van der Waals surface area contributed by atoms with Gasteiger partial charge in [-0.3, -0.25) is 14.8 Å². The van der Waals surface area contributed by atoms with Crippen LogP contribution >= 0.6 is 0 Å². The monoisotopic (exact) mass is 403 g/mol. The molecule has 4 N–H and O–H groups in total. The summed E-state index contributed by atoms with van der Waals surface area (Å²) in [6.45, 7) is 0.157. The van der Waals surface area contributed by atoms with Gasteiger partial charge in [-0.05, 0) is 43.3 Å². The molecule has 0 bridgehead atoms. The van der Waals surface area contributed by atoms with Crippen molar-refractivity contribution in [3.63, 3.8) is 0 Å². The molecule has 154 valence electrons. The Kier molecular flexibility index (Phi) is 6.38. The number of benzene rings is 1. The summed E-state index contributed by atoms with van der Waals surface area (Å²) in [4.78, 5) is 20.8. The zero-order chi connectivity index (χ0) is 20.9. The highest BCUT2D eigenvalue weighted by atomic mass is 19.3. The maximum atomic E-state index is 14.0. The van der Waals surface area contributed by atoms with E-state index >= 15 is 0 Å². The molecule has 7 nitrogen and oxygen atoms in total. The number of nitrogens with zero attached hydrogens (tertiary/aromatic N) is 2. The van der Waals surface area contributed by atoms with Crippen LogP contribution in [0.15, 0.2) is 47.6 Å². The summed E-state index contributed by atoms with van der Waals surface area (Å²) in [6, 6.07) is 9.03. The standard InChI is InChI=1S/C20H23F2N5O2/c1-24-18(19(28)27-17-7-9-25-12-20(17,21)22)15-10-14(5-6-16(15)23)29-11-13-4-2-3-8-26-13/h2-6,8,10,17,25H,7,9,11-12,23H2,1H3,(H,27,28). The Morgan fingerprint density at radius 2 is 2.24 bits per heavy atom. The molecule has 0 spiro atoms. The number of halogens is 2. The highest BCUT2D eigenvalue weighted by Crippen LogP contribution is 2.25. The molecule has 2 aromatic rings. The fraction of sp³-hybridized carbons (Fsp3) is 0.350. The first-order chi connectivity index (χ1) is 13.9. The molecule has 0 aliphatic carbocycles. The molecule has 2 heterocycles. The quantitative estimate of drug-likeness (QED) is 0.504. The second kappa shape index (κ2) is 8.95. The van der Waals surface area contributed by atoms with Gasteiger partial charge in [0.1, 0.15) is 18.1 Å². The Labute approximate surface area is 167 Å². The van der Waals surface area contributed by atoms with Crippen molar-refractivity contribution in [1.29, 1.82) is 0 Å². The van der Waals surface area contributed by atoms with E-state index in [0.717, 1.165) is 5.69 Å². The SMILES string of the molecule is CN=C(C(=O)NC1CCNCC1(F)F)c1cc(OCc2ccccn2)ccc1N. The summed E-state index contributed by atoms with van der Waals surface area (Å²) >= 11 is 0. The van der Waals surface area contributed by atoms with E-state index in [2.05, 4.69) is 20.6 Å². The molecular formula is C20H23F2N5O2. The van der Waals surface area contributed by atoms with Crippen molar-refractivity contribution in [3.05, 3.63) is 53.9 Å². The zero-order valence-electron chi connectivity index (χ0n) is 16.0. The van der Waals surface area contributed by atoms with Gasteiger partial charge >= 0.3 is 0 Å². The molecular weight excluding hydrogens is 380 g/mol. The number of alkyl halides is 2. The molecule has 3 rings (SSSR count). The molecule has 1 unspecified atom stereocenters. The predicted molar refractivity (Wildman–Crippen MR) is 106 cm³/mol. The lowest BCUT2D eigenvalue weighted by atomic mass is 10.0. The fourth-order valence-electron chi connectivity index (χ4n) is 3.06. The lowest BCUT2D eigenvalue weighted by Crippen LogP contribution is -2.58. The molecule has 1 atom stereocenters. The molecule has 1 fully saturated rings. The first-order valence-corrected chi connectivity index (χ1v) is 9.19. The van der Waals surface area contributed by atoms with Gasteiger partial charge in [-0.25, -0.2) is 8.78 Å². The summed E-state index contributed by atoms with van der Waals surface area (Å²) in [5.41, 5.74) is 7.33. The number of hydrogen-bond acceptors (Lipinski definition) is 6. The second-order valence-electron chi connectivity index (χ2n) is 6.68. The molecule has 1 aliphatic heterocycles. The summed E-state index contributed by atoms with van der Waals surface area (Å²) in [5.74, 6) is -3.28. The van der Waals surface area contributed by atoms with Crippen LogP contribution in [-0.2, 0) is 11.4 Å². The molecule has 1 aromatic carbocycles. The molecule has 0 radical (unpaired) electrons. The molecule has 0 saturated carbocycles. The average molecular weight is 403 g/mol. The average Bonchev–Trinajstić information content (AvgIpc) is 2.71. The van der Waals surface area contributed by atoms with Crippen LogP contribution in [0.25, 0.3) is 0 Å². The van der Waals surface area contributed by atoms with Gasteiger partial charge in [-0.1, -0.05) is 6.07 Å². The van der Waals surface area contributed by atoms with Crippen LogP contribution in [0.4, 0.5) is 14.5 Å². The first kappa shape index (κ1) is 20.7. The molecule has 29 heavy (non-hydrogen) atoms. The summed E-state index contributed by atoms with van der Waals surface area (Å²) in [5, 5.41) is 5.02. The minimum absolute atomic E-state index is 0.0277. The van der Waals surface area contributed by atoms with Crippen LogP contribution in [0.2, 0.25) is 0 Å². The Morgan fingerprint density at radius 3 is 2.93 bits per heavy atom. The number of nitrogen functional groups attached to an aromatic ring is 1. The fourth-order valence-corrected chi connectivity index (χ4v) is 3.06. The van der Waals surface area contributed by atoms with Crippen LogP contribution < -0.4 is 21.1 Å². The summed E-state index contributed by atoms with van der Waals surface area (Å²) < 4.78 is 33.8. The number of rotatable bonds is 6. The molecule has 1 saturated heterocycles. The third-order valence-electron chi connectivity index (χ3n) is 4.62. The van der Waals surface area contributed by atoms with Crippen molar-refractivity contribution in [2.45, 2.75) is 25.0 Å². The highest BCUT2D eigenvalue weighted by molar-refractivity contribution is 6.46. The van der Waals surface area contributed by atoms with Gasteiger partial charge in [0.15, 0.2) is 0 Å². The topological polar surface area (TPSA) is 102 Å². The number of piperidine rings is 1. The van der Waals surface area contributed by atoms with E-state index in [1.54, 1.807) is 30.5 Å². The van der Waals surface area contributed by atoms with E-state index in [9.17, 15) is 13.6 Å². The molecule has 1 aromatic heterocycles. The zero-order valence-corrected chi connectivity index (χ0v) is 16.0. The highest BCUT2D eigenvalue weighted by Gasteiger charge is 2.42. The number of ether oxygens (including phenoxy) is 1. The van der Waals surface area contributed by atoms with E-state index in [0.29, 0.717) is 23.5 Å². The van der Waals surface area contributed by atoms with Gasteiger partial charge < -0.3 is 21.1 Å². The second-order valence-corrected chi connectivity index (χ2v) is 6.68. The lowest BCUT2D eigenvalue weighted by molar-refractivity contribution is -0.120. The number of carbonyl (C=O) groups excluding carboxylic acids is 1. The van der Waals surface area contributed by atoms with E-state index < -0.39 is 24.4 Å². The van der Waals surface area contributed by atoms with Crippen molar-refractivity contribution in [2.24, 2.45) is 4.99 Å². The number of aliphatic imine (C=N–C) groups is 1. The molecule has 1 amide bonds. The van der Waals surface area contributed by atoms with Gasteiger partial charge in [0.2, 0.25) is 0 Å². The maximum absolute atomic E-state index is 14.0. The number of aromatic nitrogens is 1. The number of carbonyl (C=O) groups is 1. The minimum atomic E-state index is -3.04. The summed E-state index contributed by atoms with van der Waals surface area (Å²) in [6.07, 6.45) is 1.79. The minimum Gasteiger partial charge on any atom is -0.487 e. The third kappa shape index (κ3) is 5.05. The van der Waals surface area contributed by atoms with Crippen LogP contribution in [-0.4, -0.2) is 48.7 Å². The number of anilines is 1. The van der Waals surface area contributed by atoms with E-state index in [1.807, 2.05) is 12.1 Å². The molecule has 9 heteroatoms. The third-order valence-corrected chi connectivity index (χ3v) is 4.62. The van der Waals surface area contributed by atoms with Crippen LogP contribution in [0.3, 0.4) is 0 Å². The number of pyridine rings is 1. The number of nitrogens with two attached hydrogens (primary N) is 1. The van der Waals surface area contributed by atoms with Crippen LogP contribution in [0.5, 0.6) is 5.75 Å². The van der Waals surface area contributed by atoms with Crippen molar-refractivity contribution in [2.75, 3.05) is 25.9 Å². The van der Waals surface area contributed by atoms with E-state index in [1.165, 1.54) is 7.05 Å². The van der Waals surface area contributed by atoms with Gasteiger partial charge in [0, 0.05) is 24.5 Å². The lowest BCUT2D eigenvalue weighted by Gasteiger charge is -2.32. The van der Waals surface area contributed by atoms with Crippen LogP contribution in [0.1, 0.15) is 17.7 Å². The van der Waals surface area contributed by atoms with Crippen molar-refractivity contribution in [3.8, 4) is 5.75 Å². The van der Waals surface area contributed by atoms with Crippen molar-refractivity contribution >= 4 is 17.3 Å². The molecule has 1 aliphatic rings. The number of nitrogens with one attached hydrogen (secondary N) is 2. The maximum Gasteiger partial charge on any atom is 0.280 e.